The number of pyridine rings is 1. The van der Waals surface area contributed by atoms with Crippen molar-refractivity contribution >= 4 is 44.7 Å². The molecule has 0 atom stereocenters. The fourth-order valence-electron chi connectivity index (χ4n) is 4.22. The number of hydrogen-bond acceptors (Lipinski definition) is 7. The summed E-state index contributed by atoms with van der Waals surface area (Å²) in [5, 5.41) is 10.6. The minimum absolute atomic E-state index is 0.175. The van der Waals surface area contributed by atoms with Crippen LogP contribution in [-0.4, -0.2) is 52.0 Å². The molecule has 3 aromatic heterocycles. The first-order chi connectivity index (χ1) is 16.1. The Balaban J connectivity index is 1.69. The molecule has 1 aliphatic heterocycles. The lowest BCUT2D eigenvalue weighted by Crippen LogP contribution is -2.47. The molecule has 0 unspecified atom stereocenters. The van der Waals surface area contributed by atoms with Gasteiger partial charge in [-0.2, -0.15) is 5.26 Å². The molecule has 8 heteroatoms. The average Bonchev–Trinajstić information content (AvgIpc) is 3.28. The summed E-state index contributed by atoms with van der Waals surface area (Å²) in [6, 6.07) is 13.9. The lowest BCUT2D eigenvalue weighted by Gasteiger charge is -2.35. The summed E-state index contributed by atoms with van der Waals surface area (Å²) < 4.78 is 2.58. The van der Waals surface area contributed by atoms with Crippen LogP contribution in [0.4, 0.5) is 5.82 Å². The molecule has 4 aromatic rings. The lowest BCUT2D eigenvalue weighted by molar-refractivity contribution is 0.270. The number of para-hydroxylation sites is 1. The number of allylic oxidation sites excluding steroid dienone is 1. The van der Waals surface area contributed by atoms with Crippen molar-refractivity contribution in [2.45, 2.75) is 13.8 Å². The van der Waals surface area contributed by atoms with E-state index in [0.29, 0.717) is 27.6 Å². The Hall–Kier alpha value is -3.54. The van der Waals surface area contributed by atoms with Crippen LogP contribution in [0.1, 0.15) is 23.1 Å². The number of benzene rings is 1. The van der Waals surface area contributed by atoms with Crippen molar-refractivity contribution in [2.75, 3.05) is 37.6 Å². The van der Waals surface area contributed by atoms with Gasteiger partial charge in [0.05, 0.1) is 21.4 Å². The fraction of sp³-hybridized carbons (Fsp3) is 0.280. The molecule has 0 amide bonds. The molecule has 0 spiro atoms. The van der Waals surface area contributed by atoms with Crippen molar-refractivity contribution in [2.24, 2.45) is 0 Å². The molecule has 0 saturated carbocycles. The third-order valence-corrected chi connectivity index (χ3v) is 7.19. The van der Waals surface area contributed by atoms with Gasteiger partial charge in [0.2, 0.25) is 0 Å². The third kappa shape index (κ3) is 3.90. The van der Waals surface area contributed by atoms with Crippen LogP contribution >= 0.6 is 11.3 Å². The first-order valence-electron chi connectivity index (χ1n) is 11.1. The van der Waals surface area contributed by atoms with E-state index in [0.717, 1.165) is 48.5 Å². The van der Waals surface area contributed by atoms with E-state index >= 15 is 0 Å². The van der Waals surface area contributed by atoms with E-state index in [9.17, 15) is 10.1 Å². The summed E-state index contributed by atoms with van der Waals surface area (Å²) in [5.74, 6) is 0.638. The highest BCUT2D eigenvalue weighted by Crippen LogP contribution is 2.29. The second-order valence-corrected chi connectivity index (χ2v) is 9.15. The number of piperazine rings is 1. The predicted octanol–water partition coefficient (Wildman–Crippen LogP) is 3.82. The Morgan fingerprint density at radius 1 is 1.15 bits per heavy atom. The van der Waals surface area contributed by atoms with Gasteiger partial charge in [-0.3, -0.25) is 9.20 Å². The van der Waals surface area contributed by atoms with Gasteiger partial charge < -0.3 is 9.80 Å². The van der Waals surface area contributed by atoms with E-state index in [-0.39, 0.29) is 5.56 Å². The molecule has 1 fully saturated rings. The normalized spacial score (nSPS) is 15.3. The summed E-state index contributed by atoms with van der Waals surface area (Å²) in [6.07, 6.45) is 3.40. The Kier molecular flexibility index (Phi) is 5.67. The minimum atomic E-state index is -0.175. The Morgan fingerprint density at radius 3 is 2.67 bits per heavy atom. The van der Waals surface area contributed by atoms with Crippen LogP contribution in [0.15, 0.2) is 47.4 Å². The van der Waals surface area contributed by atoms with Crippen molar-refractivity contribution in [3.05, 3.63) is 69.1 Å². The zero-order valence-corrected chi connectivity index (χ0v) is 19.5. The van der Waals surface area contributed by atoms with Gasteiger partial charge in [0.25, 0.3) is 5.56 Å². The number of fused-ring (bicyclic) bond motifs is 2. The number of hydrogen-bond donors (Lipinski definition) is 0. The van der Waals surface area contributed by atoms with E-state index in [4.69, 9.17) is 4.98 Å². The third-order valence-electron chi connectivity index (χ3n) is 6.12. The monoisotopic (exact) mass is 456 g/mol. The van der Waals surface area contributed by atoms with Gasteiger partial charge in [0, 0.05) is 32.4 Å². The molecule has 0 aliphatic carbocycles. The van der Waals surface area contributed by atoms with Crippen molar-refractivity contribution in [1.29, 1.82) is 5.26 Å². The molecule has 0 radical (unpaired) electrons. The first kappa shape index (κ1) is 21.3. The van der Waals surface area contributed by atoms with Gasteiger partial charge in [-0.1, -0.05) is 25.1 Å². The summed E-state index contributed by atoms with van der Waals surface area (Å²) in [4.78, 5) is 27.7. The van der Waals surface area contributed by atoms with Crippen LogP contribution in [0.2, 0.25) is 0 Å². The van der Waals surface area contributed by atoms with Gasteiger partial charge in [-0.25, -0.2) is 9.97 Å². The molecule has 5 rings (SSSR count). The zero-order chi connectivity index (χ0) is 22.9. The van der Waals surface area contributed by atoms with Gasteiger partial charge in [-0.05, 0) is 43.3 Å². The maximum atomic E-state index is 13.6. The number of nitriles is 1. The van der Waals surface area contributed by atoms with Crippen LogP contribution < -0.4 is 10.5 Å². The molecule has 33 heavy (non-hydrogen) atoms. The number of aromatic nitrogens is 3. The van der Waals surface area contributed by atoms with Crippen LogP contribution in [0.5, 0.6) is 0 Å². The van der Waals surface area contributed by atoms with Gasteiger partial charge in [-0.15, -0.1) is 11.3 Å². The van der Waals surface area contributed by atoms with Gasteiger partial charge in [0.1, 0.15) is 22.5 Å². The maximum Gasteiger partial charge on any atom is 0.267 e. The fourth-order valence-corrected chi connectivity index (χ4v) is 5.15. The highest BCUT2D eigenvalue weighted by Gasteiger charge is 2.23. The first-order valence-corrected chi connectivity index (χ1v) is 11.9. The molecule has 166 valence electrons. The molecule has 0 N–H and O–H groups in total. The van der Waals surface area contributed by atoms with Crippen molar-refractivity contribution < 1.29 is 0 Å². The second kappa shape index (κ2) is 8.77. The molecular formula is C25H24N6OS. The summed E-state index contributed by atoms with van der Waals surface area (Å²) in [6.45, 7) is 8.51. The molecule has 1 aromatic carbocycles. The number of rotatable bonds is 4. The van der Waals surface area contributed by atoms with E-state index in [1.165, 1.54) is 11.3 Å². The smallest absolute Gasteiger partial charge is 0.267 e. The molecular weight excluding hydrogens is 432 g/mol. The molecule has 4 heterocycles. The zero-order valence-electron chi connectivity index (χ0n) is 18.7. The van der Waals surface area contributed by atoms with Crippen LogP contribution in [0.25, 0.3) is 27.5 Å². The topological polar surface area (TPSA) is 77.5 Å². The molecule has 1 aliphatic rings. The highest BCUT2D eigenvalue weighted by atomic mass is 32.1. The maximum absolute atomic E-state index is 13.6. The molecule has 0 bridgehead atoms. The Bertz CT molecular complexity index is 1440. The number of nitrogens with zero attached hydrogens (tertiary/aromatic N) is 6. The van der Waals surface area contributed by atoms with E-state index in [2.05, 4.69) is 27.8 Å². The number of aryl methyl sites for hydroxylation is 1. The summed E-state index contributed by atoms with van der Waals surface area (Å²) >= 11 is 1.45. The van der Waals surface area contributed by atoms with Gasteiger partial charge >= 0.3 is 0 Å². The van der Waals surface area contributed by atoms with Gasteiger partial charge in [0.15, 0.2) is 0 Å². The van der Waals surface area contributed by atoms with Crippen LogP contribution in [-0.2, 0) is 0 Å². The Morgan fingerprint density at radius 2 is 1.94 bits per heavy atom. The summed E-state index contributed by atoms with van der Waals surface area (Å²) in [7, 11) is 0. The standard InChI is InChI=1S/C25H24N6OS/c1-3-29-11-13-30(14-12-29)23-19(25(32)31-10-6-7-17(2)22(31)28-23)15-18(16-26)24-27-20-8-4-5-9-21(20)33-24/h4-10,15H,3,11-14H2,1-2H3. The molecule has 1 saturated heterocycles. The van der Waals surface area contributed by atoms with Crippen LogP contribution in [0, 0.1) is 18.3 Å². The van der Waals surface area contributed by atoms with Crippen LogP contribution in [0.3, 0.4) is 0 Å². The van der Waals surface area contributed by atoms with Crippen molar-refractivity contribution in [3.8, 4) is 6.07 Å². The number of thiazole rings is 1. The van der Waals surface area contributed by atoms with E-state index in [1.54, 1.807) is 16.7 Å². The van der Waals surface area contributed by atoms with E-state index < -0.39 is 0 Å². The van der Waals surface area contributed by atoms with E-state index in [1.807, 2.05) is 43.3 Å². The minimum Gasteiger partial charge on any atom is -0.353 e. The SMILES string of the molecule is CCN1CCN(c2nc3c(C)cccn3c(=O)c2C=C(C#N)c2nc3ccccc3s2)CC1. The second-order valence-electron chi connectivity index (χ2n) is 8.12. The Labute approximate surface area is 195 Å². The number of anilines is 1. The number of likely N-dealkylation sites (N-methyl/N-ethyl adjacent to an activating group) is 1. The predicted molar refractivity (Wildman–Crippen MR) is 134 cm³/mol. The van der Waals surface area contributed by atoms with Crippen molar-refractivity contribution in [1.82, 2.24) is 19.3 Å². The van der Waals surface area contributed by atoms with Crippen molar-refractivity contribution in [3.63, 3.8) is 0 Å². The average molecular weight is 457 g/mol. The lowest BCUT2D eigenvalue weighted by atomic mass is 10.1. The highest BCUT2D eigenvalue weighted by molar-refractivity contribution is 7.19. The quantitative estimate of drug-likeness (QED) is 0.435. The molecule has 7 nitrogen and oxygen atoms in total. The summed E-state index contributed by atoms with van der Waals surface area (Å²) in [5.41, 5.74) is 3.05. The largest absolute Gasteiger partial charge is 0.353 e.